The minimum atomic E-state index is -0.412. The number of nitrogens with one attached hydrogen (secondary N) is 2. The van der Waals surface area contributed by atoms with E-state index in [0.29, 0.717) is 35.5 Å². The van der Waals surface area contributed by atoms with Crippen LogP contribution in [0, 0.1) is 34.1 Å². The molecular formula is C26H32N5O3-. The fraction of sp³-hybridized carbons (Fsp3) is 0.423. The fourth-order valence-corrected chi connectivity index (χ4v) is 4.82. The van der Waals surface area contributed by atoms with Crippen LogP contribution in [0.3, 0.4) is 0 Å². The van der Waals surface area contributed by atoms with Crippen molar-refractivity contribution in [3.05, 3.63) is 87.9 Å². The zero-order valence-corrected chi connectivity index (χ0v) is 19.9. The van der Waals surface area contributed by atoms with Gasteiger partial charge in [0.25, 0.3) is 0 Å². The van der Waals surface area contributed by atoms with Gasteiger partial charge in [-0.05, 0) is 66.9 Å². The molecule has 1 aromatic heterocycles. The molecule has 8 heteroatoms. The molecule has 3 unspecified atom stereocenters. The van der Waals surface area contributed by atoms with E-state index in [0.717, 1.165) is 31.5 Å². The summed E-state index contributed by atoms with van der Waals surface area (Å²) in [6.07, 6.45) is 14.2. The molecule has 0 fully saturated rings. The third-order valence-corrected chi connectivity index (χ3v) is 6.81. The number of allylic oxidation sites excluding steroid dienone is 6. The summed E-state index contributed by atoms with van der Waals surface area (Å²) in [7, 11) is 0. The Labute approximate surface area is 200 Å². The van der Waals surface area contributed by atoms with E-state index in [2.05, 4.69) is 47.7 Å². The number of rotatable bonds is 7. The number of nitrogens with zero attached hydrogens (tertiary/aromatic N) is 3. The van der Waals surface area contributed by atoms with Gasteiger partial charge in [0, 0.05) is 49.6 Å². The van der Waals surface area contributed by atoms with E-state index in [9.17, 15) is 10.4 Å². The zero-order valence-electron chi connectivity index (χ0n) is 19.9. The molecule has 0 radical (unpaired) electrons. The monoisotopic (exact) mass is 462 g/mol. The Morgan fingerprint density at radius 2 is 1.91 bits per heavy atom. The van der Waals surface area contributed by atoms with Gasteiger partial charge in [-0.25, -0.2) is 5.43 Å². The Hall–Kier alpha value is -3.39. The lowest BCUT2D eigenvalue weighted by Gasteiger charge is -2.37. The van der Waals surface area contributed by atoms with Gasteiger partial charge < -0.3 is 20.5 Å². The highest BCUT2D eigenvalue weighted by molar-refractivity contribution is 6.02. The Kier molecular flexibility index (Phi) is 7.47. The van der Waals surface area contributed by atoms with E-state index in [1.165, 1.54) is 23.3 Å². The normalized spacial score (nSPS) is 24.1. The maximum Gasteiger partial charge on any atom is 0.222 e. The first kappa shape index (κ1) is 23.8. The molecule has 2 N–H and O–H groups in total. The summed E-state index contributed by atoms with van der Waals surface area (Å²) in [4.78, 5) is 3.67. The first-order chi connectivity index (χ1) is 16.4. The molecule has 34 heavy (non-hydrogen) atoms. The highest BCUT2D eigenvalue weighted by Gasteiger charge is 2.33. The largest absolute Gasteiger partial charge is 0.612 e. The molecule has 8 nitrogen and oxygen atoms in total. The Morgan fingerprint density at radius 3 is 2.59 bits per heavy atom. The van der Waals surface area contributed by atoms with Gasteiger partial charge in [-0.1, -0.05) is 25.5 Å². The van der Waals surface area contributed by atoms with E-state index in [1.54, 1.807) is 12.2 Å². The predicted molar refractivity (Wildman–Crippen MR) is 133 cm³/mol. The van der Waals surface area contributed by atoms with E-state index in [4.69, 9.17) is 4.74 Å². The molecule has 1 aliphatic heterocycles. The van der Waals surface area contributed by atoms with Gasteiger partial charge in [0.1, 0.15) is 0 Å². The van der Waals surface area contributed by atoms with Crippen molar-refractivity contribution in [2.45, 2.75) is 40.2 Å². The van der Waals surface area contributed by atoms with Gasteiger partial charge >= 0.3 is 0 Å². The van der Waals surface area contributed by atoms with Gasteiger partial charge in [-0.15, -0.1) is 5.10 Å². The number of aromatic nitrogens is 1. The average Bonchev–Trinajstić information content (AvgIpc) is 3.30. The summed E-state index contributed by atoms with van der Waals surface area (Å²) in [5, 5.41) is 29.8. The molecule has 180 valence electrons. The quantitative estimate of drug-likeness (QED) is 0.358. The minimum Gasteiger partial charge on any atom is -0.612 e. The average molecular weight is 463 g/mol. The maximum atomic E-state index is 10.9. The van der Waals surface area contributed by atoms with Crippen LogP contribution in [-0.2, 0) is 11.3 Å². The molecule has 2 heterocycles. The molecule has 0 aromatic carbocycles. The zero-order chi connectivity index (χ0) is 24.1. The van der Waals surface area contributed by atoms with Crippen LogP contribution in [0.25, 0.3) is 0 Å². The van der Waals surface area contributed by atoms with Gasteiger partial charge in [0.2, 0.25) is 17.5 Å². The summed E-state index contributed by atoms with van der Waals surface area (Å²) in [6, 6.07) is 4.09. The molecule has 2 aliphatic carbocycles. The van der Waals surface area contributed by atoms with Crippen molar-refractivity contribution in [2.75, 3.05) is 6.54 Å². The Morgan fingerprint density at radius 1 is 1.18 bits per heavy atom. The van der Waals surface area contributed by atoms with Gasteiger partial charge in [0.05, 0.1) is 0 Å². The van der Waals surface area contributed by atoms with Crippen molar-refractivity contribution < 1.29 is 9.64 Å². The number of pyridine rings is 1. The topological polar surface area (TPSA) is 108 Å². The van der Waals surface area contributed by atoms with Crippen LogP contribution >= 0.6 is 0 Å². The number of hydrazone groups is 1. The van der Waals surface area contributed by atoms with E-state index < -0.39 is 4.90 Å². The van der Waals surface area contributed by atoms with E-state index in [-0.39, 0.29) is 5.71 Å². The van der Waals surface area contributed by atoms with Crippen LogP contribution < -0.4 is 10.7 Å². The molecule has 1 aromatic rings. The second-order valence-corrected chi connectivity index (χ2v) is 9.46. The van der Waals surface area contributed by atoms with Gasteiger partial charge in [0.15, 0.2) is 0 Å². The maximum absolute atomic E-state index is 10.9. The number of ether oxygens (including phenoxy) is 1. The lowest BCUT2D eigenvalue weighted by Crippen LogP contribution is -2.34. The summed E-state index contributed by atoms with van der Waals surface area (Å²) < 4.78 is 5.98. The number of hydrogen-bond acceptors (Lipinski definition) is 7. The highest BCUT2D eigenvalue weighted by Crippen LogP contribution is 2.39. The molecular weight excluding hydrogens is 430 g/mol. The molecule has 0 saturated carbocycles. The molecule has 0 saturated heterocycles. The van der Waals surface area contributed by atoms with E-state index in [1.807, 2.05) is 24.5 Å². The standard InChI is InChI=1S/C26H32N5O3/c1-17(2)24-13-21(18(3)12-22(24)16-28-15-19-8-10-27-11-9-19)14-25-29-30-26(34-25)20-4-6-23(7-5-20)31(32)33/h4-12,17,21-22,24,28,30H,13-16H2,1-3H3/q-1. The second kappa shape index (κ2) is 10.7. The first-order valence-corrected chi connectivity index (χ1v) is 11.8. The molecule has 0 amide bonds. The lowest BCUT2D eigenvalue weighted by atomic mass is 9.70. The van der Waals surface area contributed by atoms with Crippen LogP contribution in [0.2, 0.25) is 0 Å². The first-order valence-electron chi connectivity index (χ1n) is 11.8. The third-order valence-electron chi connectivity index (χ3n) is 6.81. The predicted octanol–water partition coefficient (Wildman–Crippen LogP) is 4.14. The molecule has 3 aliphatic rings. The Bertz CT molecular complexity index is 1050. The van der Waals surface area contributed by atoms with Gasteiger partial charge in [-0.3, -0.25) is 4.98 Å². The third kappa shape index (κ3) is 5.75. The molecule has 3 atom stereocenters. The van der Waals surface area contributed by atoms with Crippen molar-refractivity contribution in [2.24, 2.45) is 28.8 Å². The molecule has 0 bridgehead atoms. The van der Waals surface area contributed by atoms with Crippen molar-refractivity contribution in [3.8, 4) is 0 Å². The fourth-order valence-electron chi connectivity index (χ4n) is 4.82. The van der Waals surface area contributed by atoms with Gasteiger partial charge in [-0.2, -0.15) is 4.90 Å². The lowest BCUT2D eigenvalue weighted by molar-refractivity contribution is -0.377. The van der Waals surface area contributed by atoms with Crippen molar-refractivity contribution in [3.63, 3.8) is 0 Å². The molecule has 4 rings (SSSR count). The van der Waals surface area contributed by atoms with Crippen LogP contribution in [0.15, 0.2) is 77.0 Å². The van der Waals surface area contributed by atoms with E-state index >= 15 is 0 Å². The summed E-state index contributed by atoms with van der Waals surface area (Å²) in [5.74, 6) is 3.19. The number of hydrogen-bond donors (Lipinski definition) is 2. The van der Waals surface area contributed by atoms with Crippen molar-refractivity contribution >= 4 is 11.6 Å². The van der Waals surface area contributed by atoms with Crippen LogP contribution in [0.1, 0.15) is 39.2 Å². The molecule has 0 spiro atoms. The van der Waals surface area contributed by atoms with Crippen molar-refractivity contribution in [1.82, 2.24) is 15.7 Å². The summed E-state index contributed by atoms with van der Waals surface area (Å²) in [6.45, 7) is 8.61. The van der Waals surface area contributed by atoms with Crippen LogP contribution in [0.4, 0.5) is 0 Å². The SMILES string of the molecule is CC1=CC(CNCc2ccncc2)C(C(C)C)CC1CC1=NNC(=C2C=CC(=[N+]([O-])[O-])C=C2)O1. The summed E-state index contributed by atoms with van der Waals surface area (Å²) >= 11 is 0. The Balaban J connectivity index is 1.36. The summed E-state index contributed by atoms with van der Waals surface area (Å²) in [5.41, 5.74) is 6.35. The van der Waals surface area contributed by atoms with Crippen LogP contribution in [-0.4, -0.2) is 28.0 Å². The smallest absolute Gasteiger partial charge is 0.222 e. The minimum absolute atomic E-state index is 0.0519. The van der Waals surface area contributed by atoms with Crippen molar-refractivity contribution in [1.29, 1.82) is 0 Å². The second-order valence-electron chi connectivity index (χ2n) is 9.46. The highest BCUT2D eigenvalue weighted by atomic mass is 16.8. The van der Waals surface area contributed by atoms with Crippen LogP contribution in [0.5, 0.6) is 0 Å².